The lowest BCUT2D eigenvalue weighted by Crippen LogP contribution is -2.21. The smallest absolute Gasteiger partial charge is 0.248 e. The van der Waals surface area contributed by atoms with Gasteiger partial charge in [-0.3, -0.25) is 4.79 Å². The van der Waals surface area contributed by atoms with Crippen LogP contribution in [0.3, 0.4) is 0 Å². The van der Waals surface area contributed by atoms with Crippen molar-refractivity contribution in [3.8, 4) is 5.88 Å². The minimum absolute atomic E-state index is 0.418. The first kappa shape index (κ1) is 11.9. The molecule has 0 atom stereocenters. The zero-order valence-electron chi connectivity index (χ0n) is 9.59. The molecule has 0 spiro atoms. The first-order valence-electron chi connectivity index (χ1n) is 5.72. The molecule has 1 aromatic heterocycles. The Kier molecular flexibility index (Phi) is 3.93. The normalized spacial score (nSPS) is 16.7. The number of nitrogens with zero attached hydrogens (tertiary/aromatic N) is 1. The maximum atomic E-state index is 11.0. The van der Waals surface area contributed by atoms with Gasteiger partial charge in [0.05, 0.1) is 6.61 Å². The molecule has 0 aromatic carbocycles. The molecule has 2 N–H and O–H groups in total. The van der Waals surface area contributed by atoms with Crippen molar-refractivity contribution in [2.75, 3.05) is 19.8 Å². The minimum Gasteiger partial charge on any atom is -0.477 e. The standard InChI is InChI=1S/C12H16N2O3/c13-12(15)10-1-4-14-11(7-10)17-8-9-2-5-16-6-3-9/h1,4,7,9H,2-3,5-6,8H2,(H2,13,15). The number of rotatable bonds is 4. The monoisotopic (exact) mass is 236 g/mol. The number of primary amides is 1. The van der Waals surface area contributed by atoms with Crippen molar-refractivity contribution in [1.82, 2.24) is 4.98 Å². The number of hydrogen-bond acceptors (Lipinski definition) is 4. The average molecular weight is 236 g/mol. The molecule has 1 fully saturated rings. The lowest BCUT2D eigenvalue weighted by molar-refractivity contribution is 0.0490. The lowest BCUT2D eigenvalue weighted by Gasteiger charge is -2.21. The highest BCUT2D eigenvalue weighted by Gasteiger charge is 2.14. The third kappa shape index (κ3) is 3.42. The molecular weight excluding hydrogens is 220 g/mol. The van der Waals surface area contributed by atoms with E-state index in [4.69, 9.17) is 15.2 Å². The zero-order valence-corrected chi connectivity index (χ0v) is 9.59. The molecule has 1 aliphatic heterocycles. The van der Waals surface area contributed by atoms with E-state index in [9.17, 15) is 4.79 Å². The molecule has 5 nitrogen and oxygen atoms in total. The van der Waals surface area contributed by atoms with Crippen LogP contribution in [0.4, 0.5) is 0 Å². The number of pyridine rings is 1. The highest BCUT2D eigenvalue weighted by Crippen LogP contribution is 2.17. The topological polar surface area (TPSA) is 74.4 Å². The van der Waals surface area contributed by atoms with Crippen molar-refractivity contribution in [3.63, 3.8) is 0 Å². The van der Waals surface area contributed by atoms with E-state index in [2.05, 4.69) is 4.98 Å². The van der Waals surface area contributed by atoms with Crippen molar-refractivity contribution in [2.45, 2.75) is 12.8 Å². The fraction of sp³-hybridized carbons (Fsp3) is 0.500. The molecule has 5 heteroatoms. The third-order valence-corrected chi connectivity index (χ3v) is 2.83. The Morgan fingerprint density at radius 2 is 2.29 bits per heavy atom. The van der Waals surface area contributed by atoms with E-state index >= 15 is 0 Å². The van der Waals surface area contributed by atoms with E-state index < -0.39 is 5.91 Å². The Hall–Kier alpha value is -1.62. The number of hydrogen-bond donors (Lipinski definition) is 1. The fourth-order valence-electron chi connectivity index (χ4n) is 1.76. The Morgan fingerprint density at radius 3 is 3.00 bits per heavy atom. The summed E-state index contributed by atoms with van der Waals surface area (Å²) in [6.07, 6.45) is 3.55. The number of aromatic nitrogens is 1. The van der Waals surface area contributed by atoms with Gasteiger partial charge in [-0.05, 0) is 24.8 Å². The molecule has 0 radical (unpaired) electrons. The zero-order chi connectivity index (χ0) is 12.1. The summed E-state index contributed by atoms with van der Waals surface area (Å²) in [5.41, 5.74) is 5.60. The van der Waals surface area contributed by atoms with Gasteiger partial charge in [-0.25, -0.2) is 4.98 Å². The van der Waals surface area contributed by atoms with E-state index in [1.807, 2.05) is 0 Å². The van der Waals surface area contributed by atoms with Crippen LogP contribution in [0.1, 0.15) is 23.2 Å². The molecule has 2 heterocycles. The minimum atomic E-state index is -0.469. The summed E-state index contributed by atoms with van der Waals surface area (Å²) in [6, 6.07) is 3.14. The van der Waals surface area contributed by atoms with Crippen LogP contribution in [0.2, 0.25) is 0 Å². The summed E-state index contributed by atoms with van der Waals surface area (Å²) in [4.78, 5) is 15.0. The lowest BCUT2D eigenvalue weighted by atomic mass is 10.0. The quantitative estimate of drug-likeness (QED) is 0.845. The van der Waals surface area contributed by atoms with Gasteiger partial charge in [0.2, 0.25) is 11.8 Å². The molecule has 1 amide bonds. The first-order chi connectivity index (χ1) is 8.25. The summed E-state index contributed by atoms with van der Waals surface area (Å²) in [6.45, 7) is 2.20. The molecule has 2 rings (SSSR count). The van der Waals surface area contributed by atoms with Crippen LogP contribution in [-0.2, 0) is 4.74 Å². The molecule has 1 aliphatic rings. The maximum Gasteiger partial charge on any atom is 0.248 e. The van der Waals surface area contributed by atoms with Crippen molar-refractivity contribution in [2.24, 2.45) is 11.7 Å². The predicted molar refractivity (Wildman–Crippen MR) is 61.8 cm³/mol. The molecule has 0 bridgehead atoms. The molecule has 92 valence electrons. The van der Waals surface area contributed by atoms with E-state index in [0.29, 0.717) is 24.0 Å². The van der Waals surface area contributed by atoms with Gasteiger partial charge < -0.3 is 15.2 Å². The largest absolute Gasteiger partial charge is 0.477 e. The van der Waals surface area contributed by atoms with Crippen LogP contribution in [-0.4, -0.2) is 30.7 Å². The van der Waals surface area contributed by atoms with Crippen LogP contribution in [0.25, 0.3) is 0 Å². The molecule has 0 unspecified atom stereocenters. The van der Waals surface area contributed by atoms with Gasteiger partial charge in [0, 0.05) is 31.0 Å². The molecule has 17 heavy (non-hydrogen) atoms. The molecule has 1 saturated heterocycles. The molecule has 0 aliphatic carbocycles. The van der Waals surface area contributed by atoms with E-state index in [1.54, 1.807) is 12.1 Å². The van der Waals surface area contributed by atoms with Crippen LogP contribution >= 0.6 is 0 Å². The highest BCUT2D eigenvalue weighted by molar-refractivity contribution is 5.92. The predicted octanol–water partition coefficient (Wildman–Crippen LogP) is 0.986. The van der Waals surface area contributed by atoms with Crippen molar-refractivity contribution >= 4 is 5.91 Å². The van der Waals surface area contributed by atoms with E-state index in [0.717, 1.165) is 26.1 Å². The number of carbonyl (C=O) groups excluding carboxylic acids is 1. The van der Waals surface area contributed by atoms with Crippen molar-refractivity contribution in [1.29, 1.82) is 0 Å². The number of ether oxygens (including phenoxy) is 2. The number of amides is 1. The van der Waals surface area contributed by atoms with Crippen LogP contribution in [0, 0.1) is 5.92 Å². The molecule has 1 aromatic rings. The Labute approximate surface area is 99.9 Å². The summed E-state index contributed by atoms with van der Waals surface area (Å²) in [5.74, 6) is 0.485. The van der Waals surface area contributed by atoms with Gasteiger partial charge in [0.1, 0.15) is 0 Å². The van der Waals surface area contributed by atoms with Gasteiger partial charge in [-0.15, -0.1) is 0 Å². The van der Waals surface area contributed by atoms with E-state index in [-0.39, 0.29) is 0 Å². The van der Waals surface area contributed by atoms with Gasteiger partial charge in [0.15, 0.2) is 0 Å². The SMILES string of the molecule is NC(=O)c1ccnc(OCC2CCOCC2)c1. The van der Waals surface area contributed by atoms with E-state index in [1.165, 1.54) is 6.20 Å². The third-order valence-electron chi connectivity index (χ3n) is 2.83. The van der Waals surface area contributed by atoms with Gasteiger partial charge in [-0.2, -0.15) is 0 Å². The van der Waals surface area contributed by atoms with Crippen LogP contribution < -0.4 is 10.5 Å². The number of carbonyl (C=O) groups is 1. The summed E-state index contributed by atoms with van der Waals surface area (Å²) in [5, 5.41) is 0. The van der Waals surface area contributed by atoms with Gasteiger partial charge in [0.25, 0.3) is 0 Å². The second kappa shape index (κ2) is 5.63. The molecular formula is C12H16N2O3. The second-order valence-corrected chi connectivity index (χ2v) is 4.11. The molecule has 0 saturated carbocycles. The summed E-state index contributed by atoms with van der Waals surface area (Å²) < 4.78 is 10.8. The fourth-order valence-corrected chi connectivity index (χ4v) is 1.76. The van der Waals surface area contributed by atoms with Gasteiger partial charge >= 0.3 is 0 Å². The Morgan fingerprint density at radius 1 is 1.53 bits per heavy atom. The van der Waals surface area contributed by atoms with Crippen molar-refractivity contribution < 1.29 is 14.3 Å². The van der Waals surface area contributed by atoms with Crippen molar-refractivity contribution in [3.05, 3.63) is 23.9 Å². The van der Waals surface area contributed by atoms with Crippen LogP contribution in [0.5, 0.6) is 5.88 Å². The second-order valence-electron chi connectivity index (χ2n) is 4.11. The van der Waals surface area contributed by atoms with Gasteiger partial charge in [-0.1, -0.05) is 0 Å². The van der Waals surface area contributed by atoms with Crippen LogP contribution in [0.15, 0.2) is 18.3 Å². The maximum absolute atomic E-state index is 11.0. The first-order valence-corrected chi connectivity index (χ1v) is 5.72. The summed E-state index contributed by atoms with van der Waals surface area (Å²) >= 11 is 0. The Balaban J connectivity index is 1.89. The highest BCUT2D eigenvalue weighted by atomic mass is 16.5. The summed E-state index contributed by atoms with van der Waals surface area (Å²) in [7, 11) is 0. The number of nitrogens with two attached hydrogens (primary N) is 1. The Bertz CT molecular complexity index is 389. The average Bonchev–Trinajstić information content (AvgIpc) is 2.38.